The molecule has 0 aliphatic rings. The first-order valence-electron chi connectivity index (χ1n) is 11.4. The minimum Gasteiger partial charge on any atom is -0.491 e. The van der Waals surface area contributed by atoms with E-state index in [9.17, 15) is 14.0 Å². The summed E-state index contributed by atoms with van der Waals surface area (Å²) in [5, 5.41) is 3.19. The molecule has 0 heterocycles. The maximum atomic E-state index is 14.5. The largest absolute Gasteiger partial charge is 0.491 e. The highest BCUT2D eigenvalue weighted by Gasteiger charge is 2.27. The quantitative estimate of drug-likeness (QED) is 0.313. The Morgan fingerprint density at radius 3 is 2.17 bits per heavy atom. The van der Waals surface area contributed by atoms with Crippen LogP contribution in [0.3, 0.4) is 0 Å². The van der Waals surface area contributed by atoms with Crippen molar-refractivity contribution in [1.82, 2.24) is 5.32 Å². The highest BCUT2D eigenvalue weighted by atomic mass is 35.5. The van der Waals surface area contributed by atoms with Gasteiger partial charge in [-0.1, -0.05) is 53.5 Å². The van der Waals surface area contributed by atoms with Crippen molar-refractivity contribution < 1.29 is 23.5 Å². The zero-order valence-corrected chi connectivity index (χ0v) is 22.2. The fourth-order valence-electron chi connectivity index (χ4n) is 3.47. The Bertz CT molecular complexity index is 1250. The second-order valence-corrected chi connectivity index (χ2v) is 10.3. The maximum absolute atomic E-state index is 14.5. The molecular formula is C28H28Cl2FNO4. The van der Waals surface area contributed by atoms with Crippen molar-refractivity contribution in [2.75, 3.05) is 0 Å². The number of carbonyl (C=O) groups is 2. The van der Waals surface area contributed by atoms with Crippen molar-refractivity contribution >= 4 is 35.1 Å². The molecule has 0 aromatic heterocycles. The van der Waals surface area contributed by atoms with Gasteiger partial charge in [0.05, 0.1) is 16.1 Å². The van der Waals surface area contributed by atoms with Crippen molar-refractivity contribution in [3.05, 3.63) is 87.7 Å². The number of carbonyl (C=O) groups excluding carboxylic acids is 2. The van der Waals surface area contributed by atoms with E-state index in [-0.39, 0.29) is 11.1 Å². The van der Waals surface area contributed by atoms with Gasteiger partial charge in [-0.05, 0) is 76.1 Å². The number of ketones is 1. The Kier molecular flexibility index (Phi) is 8.64. The molecule has 0 saturated heterocycles. The van der Waals surface area contributed by atoms with Crippen molar-refractivity contribution in [3.63, 3.8) is 0 Å². The van der Waals surface area contributed by atoms with E-state index in [0.29, 0.717) is 33.0 Å². The number of hydrogen-bond donors (Lipinski definition) is 1. The van der Waals surface area contributed by atoms with E-state index < -0.39 is 29.3 Å². The molecule has 1 amide bonds. The number of rotatable bonds is 7. The van der Waals surface area contributed by atoms with Crippen molar-refractivity contribution in [2.24, 2.45) is 0 Å². The summed E-state index contributed by atoms with van der Waals surface area (Å²) in [7, 11) is 0. The summed E-state index contributed by atoms with van der Waals surface area (Å²) in [6, 6.07) is 14.6. The topological polar surface area (TPSA) is 64.6 Å². The van der Waals surface area contributed by atoms with Crippen LogP contribution in [-0.4, -0.2) is 23.6 Å². The normalized spacial score (nSPS) is 12.2. The molecule has 36 heavy (non-hydrogen) atoms. The number of nitrogens with one attached hydrogen (secondary N) is 1. The average molecular weight is 532 g/mol. The summed E-state index contributed by atoms with van der Waals surface area (Å²) in [5.41, 5.74) is 0.911. The summed E-state index contributed by atoms with van der Waals surface area (Å²) >= 11 is 12.2. The maximum Gasteiger partial charge on any atom is 0.408 e. The van der Waals surface area contributed by atoms with Crippen LogP contribution in [-0.2, 0) is 4.74 Å². The van der Waals surface area contributed by atoms with Crippen LogP contribution in [0.2, 0.25) is 10.0 Å². The van der Waals surface area contributed by atoms with Gasteiger partial charge in [-0.25, -0.2) is 9.18 Å². The number of ether oxygens (including phenoxy) is 2. The standard InChI is InChI=1S/C28H28Cl2FNO4/c1-16(2)35-20-11-13-24(31)21(15-20)17-6-8-18(9-7-17)26(33)25(32-27(34)36-28(3,4)5)19-10-12-22(29)23(30)14-19/h6-16,25H,1-5H3,(H,32,34). The van der Waals surface area contributed by atoms with E-state index in [0.717, 1.165) is 0 Å². The van der Waals surface area contributed by atoms with Crippen LogP contribution < -0.4 is 10.1 Å². The molecule has 0 radical (unpaired) electrons. The zero-order chi connectivity index (χ0) is 26.6. The molecule has 3 rings (SSSR count). The van der Waals surface area contributed by atoms with Crippen LogP contribution in [0.1, 0.15) is 56.6 Å². The van der Waals surface area contributed by atoms with Crippen LogP contribution in [0.5, 0.6) is 5.75 Å². The lowest BCUT2D eigenvalue weighted by atomic mass is 9.95. The molecule has 0 spiro atoms. The van der Waals surface area contributed by atoms with E-state index in [4.69, 9.17) is 32.7 Å². The first kappa shape index (κ1) is 27.5. The third-order valence-electron chi connectivity index (χ3n) is 4.99. The van der Waals surface area contributed by atoms with Gasteiger partial charge in [0.15, 0.2) is 5.78 Å². The Morgan fingerprint density at radius 2 is 1.58 bits per heavy atom. The van der Waals surface area contributed by atoms with Crippen LogP contribution in [0.25, 0.3) is 11.1 Å². The van der Waals surface area contributed by atoms with Crippen molar-refractivity contribution in [3.8, 4) is 16.9 Å². The Balaban J connectivity index is 1.92. The number of hydrogen-bond acceptors (Lipinski definition) is 4. The Hall–Kier alpha value is -3.09. The van der Waals surface area contributed by atoms with Gasteiger partial charge < -0.3 is 14.8 Å². The molecule has 3 aromatic carbocycles. The van der Waals surface area contributed by atoms with Crippen molar-refractivity contribution in [1.29, 1.82) is 0 Å². The van der Waals surface area contributed by atoms with Gasteiger partial charge >= 0.3 is 6.09 Å². The molecule has 5 nitrogen and oxygen atoms in total. The molecule has 1 atom stereocenters. The summed E-state index contributed by atoms with van der Waals surface area (Å²) in [6.45, 7) is 8.95. The summed E-state index contributed by atoms with van der Waals surface area (Å²) in [4.78, 5) is 26.0. The highest BCUT2D eigenvalue weighted by molar-refractivity contribution is 6.42. The van der Waals surface area contributed by atoms with E-state index in [1.807, 2.05) is 13.8 Å². The number of benzene rings is 3. The molecule has 0 aliphatic carbocycles. The predicted octanol–water partition coefficient (Wildman–Crippen LogP) is 8.04. The van der Waals surface area contributed by atoms with Crippen LogP contribution in [0.15, 0.2) is 60.7 Å². The molecule has 1 unspecified atom stereocenters. The number of halogens is 3. The molecule has 0 saturated carbocycles. The fraction of sp³-hybridized carbons (Fsp3) is 0.286. The van der Waals surface area contributed by atoms with E-state index in [1.165, 1.54) is 12.1 Å². The third kappa shape index (κ3) is 7.21. The highest BCUT2D eigenvalue weighted by Crippen LogP contribution is 2.30. The SMILES string of the molecule is CC(C)Oc1ccc(F)c(-c2ccc(C(=O)C(NC(=O)OC(C)(C)C)c3ccc(Cl)c(Cl)c3)cc2)c1. The Morgan fingerprint density at radius 1 is 0.917 bits per heavy atom. The van der Waals surface area contributed by atoms with E-state index in [2.05, 4.69) is 5.32 Å². The second kappa shape index (κ2) is 11.3. The van der Waals surface area contributed by atoms with Gasteiger partial charge in [-0.15, -0.1) is 0 Å². The van der Waals surface area contributed by atoms with E-state index >= 15 is 0 Å². The molecular weight excluding hydrogens is 504 g/mol. The molecule has 0 aliphatic heterocycles. The number of Topliss-reactive ketones (excluding diaryl/α,β-unsaturated/α-hetero) is 1. The predicted molar refractivity (Wildman–Crippen MR) is 141 cm³/mol. The Labute approximate surface area is 220 Å². The second-order valence-electron chi connectivity index (χ2n) is 9.50. The third-order valence-corrected chi connectivity index (χ3v) is 5.73. The van der Waals surface area contributed by atoms with Gasteiger partial charge in [0, 0.05) is 11.1 Å². The fourth-order valence-corrected chi connectivity index (χ4v) is 3.78. The smallest absolute Gasteiger partial charge is 0.408 e. The minimum absolute atomic E-state index is 0.0564. The van der Waals surface area contributed by atoms with Crippen molar-refractivity contribution in [2.45, 2.75) is 52.4 Å². The number of alkyl carbamates (subject to hydrolysis) is 1. The first-order valence-corrected chi connectivity index (χ1v) is 12.1. The summed E-state index contributed by atoms with van der Waals surface area (Å²) < 4.78 is 25.6. The monoisotopic (exact) mass is 531 g/mol. The van der Waals surface area contributed by atoms with Gasteiger partial charge in [0.25, 0.3) is 0 Å². The zero-order valence-electron chi connectivity index (χ0n) is 20.7. The molecule has 0 bridgehead atoms. The van der Waals surface area contributed by atoms with Crippen LogP contribution in [0, 0.1) is 5.82 Å². The molecule has 190 valence electrons. The van der Waals surface area contributed by atoms with Gasteiger partial charge in [-0.2, -0.15) is 0 Å². The molecule has 1 N–H and O–H groups in total. The van der Waals surface area contributed by atoms with Gasteiger partial charge in [0.1, 0.15) is 23.2 Å². The van der Waals surface area contributed by atoms with Gasteiger partial charge in [0.2, 0.25) is 0 Å². The molecule has 0 fully saturated rings. The minimum atomic E-state index is -1.08. The number of amides is 1. The lowest BCUT2D eigenvalue weighted by molar-refractivity contribution is 0.0490. The van der Waals surface area contributed by atoms with Crippen LogP contribution in [0.4, 0.5) is 9.18 Å². The van der Waals surface area contributed by atoms with E-state index in [1.54, 1.807) is 69.3 Å². The average Bonchev–Trinajstić information content (AvgIpc) is 2.79. The molecule has 8 heteroatoms. The summed E-state index contributed by atoms with van der Waals surface area (Å²) in [6.07, 6.45) is -0.813. The molecule has 3 aromatic rings. The first-order chi connectivity index (χ1) is 16.8. The van der Waals surface area contributed by atoms with Crippen LogP contribution >= 0.6 is 23.2 Å². The van der Waals surface area contributed by atoms with Gasteiger partial charge in [-0.3, -0.25) is 4.79 Å². The lowest BCUT2D eigenvalue weighted by Crippen LogP contribution is -2.38. The summed E-state index contributed by atoms with van der Waals surface area (Å²) in [5.74, 6) is -0.267. The lowest BCUT2D eigenvalue weighted by Gasteiger charge is -2.23.